The van der Waals surface area contributed by atoms with Gasteiger partial charge in [-0.2, -0.15) is 0 Å². The first-order valence-electron chi connectivity index (χ1n) is 10.3. The molecule has 0 atom stereocenters. The third kappa shape index (κ3) is 4.06. The molecule has 0 aromatic carbocycles. The van der Waals surface area contributed by atoms with E-state index in [1.54, 1.807) is 25.4 Å². The Labute approximate surface area is 165 Å². The van der Waals surface area contributed by atoms with Crippen LogP contribution in [-0.4, -0.2) is 90.1 Å². The molecule has 3 fully saturated rings. The number of nitrogens with zero attached hydrogens (tertiary/aromatic N) is 4. The summed E-state index contributed by atoms with van der Waals surface area (Å²) < 4.78 is 5.91. The normalized spacial score (nSPS) is 21.5. The summed E-state index contributed by atoms with van der Waals surface area (Å²) in [6, 6.07) is 4.24. The summed E-state index contributed by atoms with van der Waals surface area (Å²) in [7, 11) is 1.57. The molecule has 8 heteroatoms. The second kappa shape index (κ2) is 8.34. The van der Waals surface area contributed by atoms with Gasteiger partial charge in [-0.3, -0.25) is 14.7 Å². The minimum atomic E-state index is -0.243. The number of aromatic nitrogens is 1. The molecule has 0 unspecified atom stereocenters. The van der Waals surface area contributed by atoms with Gasteiger partial charge in [-0.1, -0.05) is 6.42 Å². The predicted octanol–water partition coefficient (Wildman–Crippen LogP) is 1.18. The highest BCUT2D eigenvalue weighted by molar-refractivity contribution is 5.92. The Hall–Kier alpha value is -2.35. The number of nitrogens with one attached hydrogen (secondary N) is 1. The van der Waals surface area contributed by atoms with Crippen molar-refractivity contribution in [3.63, 3.8) is 0 Å². The Balaban J connectivity index is 1.24. The lowest BCUT2D eigenvalue weighted by Crippen LogP contribution is -2.60. The van der Waals surface area contributed by atoms with E-state index in [4.69, 9.17) is 4.74 Å². The summed E-state index contributed by atoms with van der Waals surface area (Å²) in [6.07, 6.45) is 6.55. The van der Waals surface area contributed by atoms with Crippen molar-refractivity contribution in [3.8, 4) is 5.75 Å². The van der Waals surface area contributed by atoms with Crippen LogP contribution in [0, 0.1) is 0 Å². The van der Waals surface area contributed by atoms with Crippen molar-refractivity contribution in [1.82, 2.24) is 25.0 Å². The van der Waals surface area contributed by atoms with Crippen molar-refractivity contribution in [3.05, 3.63) is 24.0 Å². The lowest BCUT2D eigenvalue weighted by Gasteiger charge is -2.41. The monoisotopic (exact) mass is 387 g/mol. The molecule has 3 aliphatic rings. The maximum atomic E-state index is 12.8. The van der Waals surface area contributed by atoms with Gasteiger partial charge in [0.1, 0.15) is 17.5 Å². The molecule has 8 nitrogen and oxygen atoms in total. The number of likely N-dealkylation sites (tertiary alicyclic amines) is 1. The Morgan fingerprint density at radius 2 is 1.93 bits per heavy atom. The van der Waals surface area contributed by atoms with Gasteiger partial charge in [-0.05, 0) is 25.3 Å². The van der Waals surface area contributed by atoms with Crippen LogP contribution in [-0.2, 0) is 0 Å². The van der Waals surface area contributed by atoms with E-state index in [0.717, 1.165) is 38.6 Å². The van der Waals surface area contributed by atoms with E-state index in [1.807, 2.05) is 9.80 Å². The standard InChI is InChI=1S/C20H29N5O3/c1-21-19(26)18-12-16(6-7-22-18)28-17-13-25(14-17)20(27)24-9-3-8-23(10-11-24)15-4-2-5-15/h6-7,12,15,17H,2-5,8-11,13-14H2,1H3,(H,21,26). The molecule has 1 aromatic heterocycles. The highest BCUT2D eigenvalue weighted by Crippen LogP contribution is 2.26. The van der Waals surface area contributed by atoms with Crippen molar-refractivity contribution in [2.45, 2.75) is 37.8 Å². The fraction of sp³-hybridized carbons (Fsp3) is 0.650. The highest BCUT2D eigenvalue weighted by Gasteiger charge is 2.36. The Kier molecular flexibility index (Phi) is 5.66. The Bertz CT molecular complexity index is 718. The fourth-order valence-electron chi connectivity index (χ4n) is 4.04. The van der Waals surface area contributed by atoms with Crippen molar-refractivity contribution < 1.29 is 14.3 Å². The second-order valence-electron chi connectivity index (χ2n) is 7.84. The zero-order chi connectivity index (χ0) is 19.5. The van der Waals surface area contributed by atoms with E-state index in [0.29, 0.717) is 24.5 Å². The average molecular weight is 387 g/mol. The highest BCUT2D eigenvalue weighted by atomic mass is 16.5. The summed E-state index contributed by atoms with van der Waals surface area (Å²) >= 11 is 0. The van der Waals surface area contributed by atoms with Gasteiger partial charge < -0.3 is 19.9 Å². The van der Waals surface area contributed by atoms with E-state index in [1.165, 1.54) is 19.3 Å². The number of ether oxygens (including phenoxy) is 1. The van der Waals surface area contributed by atoms with E-state index in [-0.39, 0.29) is 18.0 Å². The van der Waals surface area contributed by atoms with E-state index in [2.05, 4.69) is 15.2 Å². The van der Waals surface area contributed by atoms with E-state index in [9.17, 15) is 9.59 Å². The quantitative estimate of drug-likeness (QED) is 0.840. The predicted molar refractivity (Wildman–Crippen MR) is 104 cm³/mol. The van der Waals surface area contributed by atoms with Crippen molar-refractivity contribution in [2.24, 2.45) is 0 Å². The van der Waals surface area contributed by atoms with E-state index >= 15 is 0 Å². The molecule has 1 saturated carbocycles. The van der Waals surface area contributed by atoms with Crippen molar-refractivity contribution in [2.75, 3.05) is 46.3 Å². The minimum Gasteiger partial charge on any atom is -0.487 e. The first kappa shape index (κ1) is 19.0. The van der Waals surface area contributed by atoms with Crippen LogP contribution in [0.15, 0.2) is 18.3 Å². The molecule has 4 rings (SSSR count). The zero-order valence-corrected chi connectivity index (χ0v) is 16.5. The number of rotatable bonds is 4. The maximum absolute atomic E-state index is 12.8. The molecule has 28 heavy (non-hydrogen) atoms. The molecule has 1 aliphatic carbocycles. The van der Waals surface area contributed by atoms with Gasteiger partial charge in [-0.15, -0.1) is 0 Å². The van der Waals surface area contributed by atoms with Crippen molar-refractivity contribution in [1.29, 1.82) is 0 Å². The van der Waals surface area contributed by atoms with Gasteiger partial charge in [0.25, 0.3) is 5.91 Å². The molecule has 3 heterocycles. The third-order valence-corrected chi connectivity index (χ3v) is 6.00. The number of amides is 3. The molecular weight excluding hydrogens is 358 g/mol. The first-order valence-corrected chi connectivity index (χ1v) is 10.3. The summed E-state index contributed by atoms with van der Waals surface area (Å²) in [6.45, 7) is 4.92. The van der Waals surface area contributed by atoms with Crippen LogP contribution in [0.5, 0.6) is 5.75 Å². The van der Waals surface area contributed by atoms with Gasteiger partial charge in [-0.25, -0.2) is 4.79 Å². The van der Waals surface area contributed by atoms with Crippen LogP contribution in [0.2, 0.25) is 0 Å². The number of pyridine rings is 1. The fourth-order valence-corrected chi connectivity index (χ4v) is 4.04. The molecule has 152 valence electrons. The molecular formula is C20H29N5O3. The van der Waals surface area contributed by atoms with Crippen LogP contribution >= 0.6 is 0 Å². The Morgan fingerprint density at radius 3 is 2.64 bits per heavy atom. The SMILES string of the molecule is CNC(=O)c1cc(OC2CN(C(=O)N3CCCN(C4CCC4)CC3)C2)ccn1. The molecule has 2 saturated heterocycles. The molecule has 3 amide bonds. The van der Waals surface area contributed by atoms with Crippen LogP contribution in [0.25, 0.3) is 0 Å². The number of carbonyl (C=O) groups is 2. The maximum Gasteiger partial charge on any atom is 0.320 e. The van der Waals surface area contributed by atoms with Gasteiger partial charge >= 0.3 is 6.03 Å². The average Bonchev–Trinajstić information content (AvgIpc) is 2.88. The molecule has 1 aromatic rings. The van der Waals surface area contributed by atoms with Crippen LogP contribution in [0.3, 0.4) is 0 Å². The van der Waals surface area contributed by atoms with Gasteiger partial charge in [0.2, 0.25) is 0 Å². The smallest absolute Gasteiger partial charge is 0.320 e. The van der Waals surface area contributed by atoms with Crippen molar-refractivity contribution >= 4 is 11.9 Å². The first-order chi connectivity index (χ1) is 13.6. The van der Waals surface area contributed by atoms with E-state index < -0.39 is 0 Å². The van der Waals surface area contributed by atoms with Gasteiger partial charge in [0.05, 0.1) is 13.1 Å². The van der Waals surface area contributed by atoms with Crippen LogP contribution in [0.4, 0.5) is 4.79 Å². The molecule has 0 spiro atoms. The number of hydrogen-bond acceptors (Lipinski definition) is 5. The number of urea groups is 1. The molecule has 0 bridgehead atoms. The molecule has 1 N–H and O–H groups in total. The summed E-state index contributed by atoms with van der Waals surface area (Å²) in [4.78, 5) is 34.9. The second-order valence-corrected chi connectivity index (χ2v) is 7.84. The third-order valence-electron chi connectivity index (χ3n) is 6.00. The van der Waals surface area contributed by atoms with Crippen LogP contribution < -0.4 is 10.1 Å². The lowest BCUT2D eigenvalue weighted by atomic mass is 9.91. The zero-order valence-electron chi connectivity index (χ0n) is 16.5. The summed E-state index contributed by atoms with van der Waals surface area (Å²) in [5, 5.41) is 2.55. The topological polar surface area (TPSA) is 78.0 Å². The number of hydrogen-bond donors (Lipinski definition) is 1. The minimum absolute atomic E-state index is 0.0395. The molecule has 2 aliphatic heterocycles. The Morgan fingerprint density at radius 1 is 1.11 bits per heavy atom. The molecule has 0 radical (unpaired) electrons. The lowest BCUT2D eigenvalue weighted by molar-refractivity contribution is 0.0307. The van der Waals surface area contributed by atoms with Gasteiger partial charge in [0, 0.05) is 51.5 Å². The van der Waals surface area contributed by atoms with Crippen LogP contribution in [0.1, 0.15) is 36.2 Å². The number of carbonyl (C=O) groups excluding carboxylic acids is 2. The van der Waals surface area contributed by atoms with Gasteiger partial charge in [0.15, 0.2) is 0 Å². The summed E-state index contributed by atoms with van der Waals surface area (Å²) in [5.41, 5.74) is 0.327. The largest absolute Gasteiger partial charge is 0.487 e. The summed E-state index contributed by atoms with van der Waals surface area (Å²) in [5.74, 6) is 0.365.